The minimum absolute atomic E-state index is 0.125. The van der Waals surface area contributed by atoms with Crippen molar-refractivity contribution >= 4 is 11.8 Å². The van der Waals surface area contributed by atoms with Gasteiger partial charge in [-0.15, -0.1) is 0 Å². The molecule has 2 fully saturated rings. The first-order valence-corrected chi connectivity index (χ1v) is 8.99. The molecule has 7 heteroatoms. The molecule has 1 spiro atoms. The summed E-state index contributed by atoms with van der Waals surface area (Å²) in [5, 5.41) is 0. The van der Waals surface area contributed by atoms with Crippen LogP contribution in [0, 0.1) is 17.0 Å². The van der Waals surface area contributed by atoms with Crippen molar-refractivity contribution in [2.45, 2.75) is 39.2 Å². The Morgan fingerprint density at radius 2 is 2.04 bits per heavy atom. The molecule has 1 unspecified atom stereocenters. The lowest BCUT2D eigenvalue weighted by molar-refractivity contribution is -0.148. The quantitative estimate of drug-likeness (QED) is 0.823. The zero-order valence-electron chi connectivity index (χ0n) is 15.1. The molecule has 26 heavy (non-hydrogen) atoms. The summed E-state index contributed by atoms with van der Waals surface area (Å²) in [5.74, 6) is -1.87. The van der Waals surface area contributed by atoms with Gasteiger partial charge < -0.3 is 14.5 Å². The summed E-state index contributed by atoms with van der Waals surface area (Å²) in [7, 11) is 0. The predicted molar refractivity (Wildman–Crippen MR) is 91.6 cm³/mol. The molecule has 2 aliphatic rings. The number of rotatable bonds is 4. The summed E-state index contributed by atoms with van der Waals surface area (Å²) >= 11 is 0. The van der Waals surface area contributed by atoms with Crippen molar-refractivity contribution in [2.75, 3.05) is 26.2 Å². The summed E-state index contributed by atoms with van der Waals surface area (Å²) in [6.07, 6.45) is 2.36. The Kier molecular flexibility index (Phi) is 5.16. The van der Waals surface area contributed by atoms with Gasteiger partial charge in [0.25, 0.3) is 5.91 Å². The first kappa shape index (κ1) is 18.6. The van der Waals surface area contributed by atoms with Gasteiger partial charge in [0.2, 0.25) is 5.91 Å². The fourth-order valence-corrected chi connectivity index (χ4v) is 3.88. The van der Waals surface area contributed by atoms with Crippen molar-refractivity contribution in [3.05, 3.63) is 29.8 Å². The highest BCUT2D eigenvalue weighted by Crippen LogP contribution is 2.40. The van der Waals surface area contributed by atoms with Crippen LogP contribution in [-0.4, -0.2) is 53.9 Å². The zero-order chi connectivity index (χ0) is 18.9. The van der Waals surface area contributed by atoms with E-state index in [0.29, 0.717) is 25.6 Å². The highest BCUT2D eigenvalue weighted by atomic mass is 19.1. The largest absolute Gasteiger partial charge is 0.481 e. The van der Waals surface area contributed by atoms with Gasteiger partial charge in [-0.3, -0.25) is 9.59 Å². The molecule has 1 aromatic rings. The average molecular weight is 366 g/mol. The predicted octanol–water partition coefficient (Wildman–Crippen LogP) is 2.59. The van der Waals surface area contributed by atoms with Crippen molar-refractivity contribution in [2.24, 2.45) is 5.41 Å². The Balaban J connectivity index is 1.61. The van der Waals surface area contributed by atoms with Crippen LogP contribution in [0.25, 0.3) is 0 Å². The minimum Gasteiger partial charge on any atom is -0.481 e. The third-order valence-electron chi connectivity index (χ3n) is 5.34. The van der Waals surface area contributed by atoms with Gasteiger partial charge in [-0.25, -0.2) is 8.78 Å². The van der Waals surface area contributed by atoms with Crippen LogP contribution in [0.15, 0.2) is 18.2 Å². The Morgan fingerprint density at radius 3 is 2.73 bits per heavy atom. The van der Waals surface area contributed by atoms with Crippen LogP contribution in [-0.2, 0) is 9.59 Å². The summed E-state index contributed by atoms with van der Waals surface area (Å²) in [5.41, 5.74) is -0.501. The monoisotopic (exact) mass is 366 g/mol. The summed E-state index contributed by atoms with van der Waals surface area (Å²) in [4.78, 5) is 28.8. The van der Waals surface area contributed by atoms with Crippen LogP contribution < -0.4 is 4.74 Å². The van der Waals surface area contributed by atoms with Crippen molar-refractivity contribution < 1.29 is 23.1 Å². The topological polar surface area (TPSA) is 49.9 Å². The van der Waals surface area contributed by atoms with E-state index >= 15 is 0 Å². The number of hydrogen-bond acceptors (Lipinski definition) is 3. The number of hydrogen-bond donors (Lipinski definition) is 0. The fraction of sp³-hybridized carbons (Fsp3) is 0.579. The van der Waals surface area contributed by atoms with E-state index in [2.05, 4.69) is 0 Å². The molecule has 0 radical (unpaired) electrons. The molecule has 0 aromatic heterocycles. The van der Waals surface area contributed by atoms with E-state index in [1.807, 2.05) is 18.7 Å². The molecule has 2 heterocycles. The van der Waals surface area contributed by atoms with Gasteiger partial charge in [-0.1, -0.05) is 0 Å². The van der Waals surface area contributed by atoms with Crippen molar-refractivity contribution in [3.8, 4) is 5.75 Å². The van der Waals surface area contributed by atoms with Gasteiger partial charge in [0, 0.05) is 31.7 Å². The highest BCUT2D eigenvalue weighted by Gasteiger charge is 2.49. The molecule has 1 atom stereocenters. The number of ether oxygens (including phenoxy) is 1. The second kappa shape index (κ2) is 7.21. The number of halogens is 2. The molecule has 2 amide bonds. The minimum atomic E-state index is -0.842. The maximum atomic E-state index is 13.6. The van der Waals surface area contributed by atoms with Gasteiger partial charge in [-0.2, -0.15) is 0 Å². The Morgan fingerprint density at radius 1 is 1.27 bits per heavy atom. The van der Waals surface area contributed by atoms with Crippen molar-refractivity contribution in [3.63, 3.8) is 0 Å². The molecule has 0 aliphatic carbocycles. The summed E-state index contributed by atoms with van der Waals surface area (Å²) < 4.78 is 31.7. The Labute approximate surface area is 151 Å². The molecular formula is C19H24F2N2O3. The van der Waals surface area contributed by atoms with Gasteiger partial charge in [0.1, 0.15) is 5.82 Å². The number of piperidine rings is 1. The van der Waals surface area contributed by atoms with Crippen molar-refractivity contribution in [1.29, 1.82) is 0 Å². The third kappa shape index (κ3) is 3.52. The standard InChI is InChI=1S/C19H24F2N2O3/c1-13(2)23-8-3-6-19(18(23)25)7-9-22(12-19)17(24)11-26-16-5-4-14(20)10-15(16)21/h4-5,10,13H,3,6-9,11-12H2,1-2H3. The second-order valence-electron chi connectivity index (χ2n) is 7.40. The van der Waals surface area contributed by atoms with E-state index in [1.54, 1.807) is 4.90 Å². The molecular weight excluding hydrogens is 342 g/mol. The number of carbonyl (C=O) groups excluding carboxylic acids is 2. The van der Waals surface area contributed by atoms with E-state index < -0.39 is 17.0 Å². The lowest BCUT2D eigenvalue weighted by Crippen LogP contribution is -2.52. The van der Waals surface area contributed by atoms with E-state index in [0.717, 1.165) is 31.5 Å². The van der Waals surface area contributed by atoms with Crippen LogP contribution in [0.1, 0.15) is 33.1 Å². The molecule has 0 saturated carbocycles. The maximum absolute atomic E-state index is 13.6. The molecule has 0 N–H and O–H groups in total. The molecule has 2 aliphatic heterocycles. The van der Waals surface area contributed by atoms with E-state index in [1.165, 1.54) is 0 Å². The average Bonchev–Trinajstić information content (AvgIpc) is 3.01. The lowest BCUT2D eigenvalue weighted by atomic mass is 9.78. The van der Waals surface area contributed by atoms with Crippen LogP contribution >= 0.6 is 0 Å². The van der Waals surface area contributed by atoms with E-state index in [9.17, 15) is 18.4 Å². The summed E-state index contributed by atoms with van der Waals surface area (Å²) in [6.45, 7) is 5.30. The van der Waals surface area contributed by atoms with Gasteiger partial charge >= 0.3 is 0 Å². The molecule has 1 aromatic carbocycles. The van der Waals surface area contributed by atoms with E-state index in [-0.39, 0.29) is 30.2 Å². The number of nitrogens with zero attached hydrogens (tertiary/aromatic N) is 2. The summed E-state index contributed by atoms with van der Waals surface area (Å²) in [6, 6.07) is 3.10. The third-order valence-corrected chi connectivity index (χ3v) is 5.34. The molecule has 5 nitrogen and oxygen atoms in total. The first-order valence-electron chi connectivity index (χ1n) is 8.99. The Hall–Kier alpha value is -2.18. The van der Waals surface area contributed by atoms with Crippen LogP contribution in [0.3, 0.4) is 0 Å². The molecule has 142 valence electrons. The van der Waals surface area contributed by atoms with Crippen LogP contribution in [0.2, 0.25) is 0 Å². The number of benzene rings is 1. The molecule has 3 rings (SSSR count). The fourth-order valence-electron chi connectivity index (χ4n) is 3.88. The van der Waals surface area contributed by atoms with Gasteiger partial charge in [0.05, 0.1) is 5.41 Å². The normalized spacial score (nSPS) is 23.2. The maximum Gasteiger partial charge on any atom is 0.260 e. The van der Waals surface area contributed by atoms with Crippen molar-refractivity contribution in [1.82, 2.24) is 9.80 Å². The number of likely N-dealkylation sites (tertiary alicyclic amines) is 2. The highest BCUT2D eigenvalue weighted by molar-refractivity contribution is 5.86. The zero-order valence-corrected chi connectivity index (χ0v) is 15.1. The molecule has 0 bridgehead atoms. The molecule has 2 saturated heterocycles. The number of amides is 2. The van der Waals surface area contributed by atoms with Crippen LogP contribution in [0.5, 0.6) is 5.75 Å². The van der Waals surface area contributed by atoms with Crippen LogP contribution in [0.4, 0.5) is 8.78 Å². The Bertz CT molecular complexity index is 710. The van der Waals surface area contributed by atoms with Gasteiger partial charge in [-0.05, 0) is 45.2 Å². The lowest BCUT2D eigenvalue weighted by Gasteiger charge is -2.41. The second-order valence-corrected chi connectivity index (χ2v) is 7.40. The number of carbonyl (C=O) groups is 2. The van der Waals surface area contributed by atoms with E-state index in [4.69, 9.17) is 4.74 Å². The first-order chi connectivity index (χ1) is 12.3. The van der Waals surface area contributed by atoms with Gasteiger partial charge in [0.15, 0.2) is 18.2 Å². The SMILES string of the molecule is CC(C)N1CCCC2(CCN(C(=O)COc3ccc(F)cc3F)C2)C1=O. The smallest absolute Gasteiger partial charge is 0.260 e.